The molecule has 1 saturated carbocycles. The van der Waals surface area contributed by atoms with Crippen molar-refractivity contribution in [1.29, 1.82) is 0 Å². The topological polar surface area (TPSA) is 41.6 Å². The molecule has 1 heterocycles. The van der Waals surface area contributed by atoms with Crippen molar-refractivity contribution in [3.8, 4) is 0 Å². The third kappa shape index (κ3) is 3.05. The molecule has 1 amide bonds. The average molecular weight is 310 g/mol. The van der Waals surface area contributed by atoms with Crippen LogP contribution < -0.4 is 5.32 Å². The molecule has 128 valence electrons. The molecule has 22 heavy (non-hydrogen) atoms. The zero-order chi connectivity index (χ0) is 16.5. The van der Waals surface area contributed by atoms with Crippen LogP contribution in [-0.4, -0.2) is 49.7 Å². The summed E-state index contributed by atoms with van der Waals surface area (Å²) in [6.07, 6.45) is 4.08. The number of hydrogen-bond donors (Lipinski definition) is 1. The number of nitrogens with one attached hydrogen (secondary N) is 1. The molecule has 4 nitrogen and oxygen atoms in total. The van der Waals surface area contributed by atoms with Gasteiger partial charge in [-0.2, -0.15) is 0 Å². The molecular weight excluding hydrogens is 276 g/mol. The lowest BCUT2D eigenvalue weighted by molar-refractivity contribution is -0.207. The molecule has 2 aliphatic rings. The number of methoxy groups -OCH3 is 1. The summed E-state index contributed by atoms with van der Waals surface area (Å²) in [6.45, 7) is 11.0. The molecule has 4 atom stereocenters. The Hall–Kier alpha value is -0.610. The number of piperidine rings is 1. The van der Waals surface area contributed by atoms with Gasteiger partial charge in [-0.1, -0.05) is 20.8 Å². The first-order chi connectivity index (χ1) is 10.2. The van der Waals surface area contributed by atoms with Crippen molar-refractivity contribution in [3.05, 3.63) is 0 Å². The van der Waals surface area contributed by atoms with Crippen LogP contribution in [0.1, 0.15) is 53.4 Å². The van der Waals surface area contributed by atoms with Gasteiger partial charge in [0.15, 0.2) is 0 Å². The van der Waals surface area contributed by atoms with E-state index in [1.807, 2.05) is 11.9 Å². The molecular formula is C18H34N2O2. The monoisotopic (exact) mass is 310 g/mol. The highest BCUT2D eigenvalue weighted by Crippen LogP contribution is 2.53. The summed E-state index contributed by atoms with van der Waals surface area (Å²) in [5.74, 6) is 1.39. The third-order valence-corrected chi connectivity index (χ3v) is 6.73. The first-order valence-electron chi connectivity index (χ1n) is 8.74. The lowest BCUT2D eigenvalue weighted by Crippen LogP contribution is -2.68. The van der Waals surface area contributed by atoms with E-state index in [9.17, 15) is 4.79 Å². The lowest BCUT2D eigenvalue weighted by atomic mass is 9.55. The van der Waals surface area contributed by atoms with Gasteiger partial charge in [-0.3, -0.25) is 4.79 Å². The van der Waals surface area contributed by atoms with Crippen LogP contribution in [0.3, 0.4) is 0 Å². The van der Waals surface area contributed by atoms with E-state index in [0.717, 1.165) is 19.5 Å². The smallest absolute Gasteiger partial charge is 0.222 e. The number of carbonyl (C=O) groups is 1. The van der Waals surface area contributed by atoms with E-state index in [2.05, 4.69) is 33.0 Å². The summed E-state index contributed by atoms with van der Waals surface area (Å²) in [5.41, 5.74) is -0.118. The molecule has 1 aliphatic carbocycles. The van der Waals surface area contributed by atoms with Crippen LogP contribution in [0.25, 0.3) is 0 Å². The fourth-order valence-electron chi connectivity index (χ4n) is 4.20. The maximum atomic E-state index is 12.7. The molecule has 1 aliphatic heterocycles. The van der Waals surface area contributed by atoms with Crippen LogP contribution in [0.5, 0.6) is 0 Å². The molecule has 1 N–H and O–H groups in total. The van der Waals surface area contributed by atoms with Gasteiger partial charge in [0, 0.05) is 32.0 Å². The second kappa shape index (κ2) is 6.48. The maximum Gasteiger partial charge on any atom is 0.222 e. The highest BCUT2D eigenvalue weighted by molar-refractivity contribution is 5.76. The van der Waals surface area contributed by atoms with Crippen LogP contribution in [0.4, 0.5) is 0 Å². The van der Waals surface area contributed by atoms with E-state index >= 15 is 0 Å². The minimum atomic E-state index is -0.120. The number of rotatable bonds is 5. The molecule has 0 aromatic carbocycles. The van der Waals surface area contributed by atoms with Gasteiger partial charge in [0.2, 0.25) is 5.91 Å². The van der Waals surface area contributed by atoms with Gasteiger partial charge in [-0.15, -0.1) is 0 Å². The Morgan fingerprint density at radius 1 is 1.41 bits per heavy atom. The predicted molar refractivity (Wildman–Crippen MR) is 89.7 cm³/mol. The number of hydrogen-bond acceptors (Lipinski definition) is 3. The zero-order valence-corrected chi connectivity index (χ0v) is 15.2. The van der Waals surface area contributed by atoms with Crippen molar-refractivity contribution in [2.75, 3.05) is 27.2 Å². The molecule has 0 aromatic heterocycles. The first kappa shape index (κ1) is 17.7. The van der Waals surface area contributed by atoms with E-state index in [0.29, 0.717) is 18.3 Å². The molecule has 2 rings (SSSR count). The Morgan fingerprint density at radius 2 is 2.09 bits per heavy atom. The predicted octanol–water partition coefficient (Wildman–Crippen LogP) is 2.67. The Balaban J connectivity index is 1.90. The highest BCUT2D eigenvalue weighted by Gasteiger charge is 2.59. The Morgan fingerprint density at radius 3 is 2.59 bits per heavy atom. The van der Waals surface area contributed by atoms with Crippen LogP contribution in [0, 0.1) is 17.3 Å². The molecule has 0 spiro atoms. The zero-order valence-electron chi connectivity index (χ0n) is 15.2. The van der Waals surface area contributed by atoms with Gasteiger partial charge >= 0.3 is 0 Å². The Bertz CT molecular complexity index is 404. The number of carbonyl (C=O) groups excluding carboxylic acids is 1. The van der Waals surface area contributed by atoms with E-state index in [-0.39, 0.29) is 23.0 Å². The van der Waals surface area contributed by atoms with Crippen molar-refractivity contribution >= 4 is 5.91 Å². The maximum absolute atomic E-state index is 12.7. The summed E-state index contributed by atoms with van der Waals surface area (Å²) in [4.78, 5) is 14.7. The summed E-state index contributed by atoms with van der Waals surface area (Å²) in [6, 6.07) is 0.279. The van der Waals surface area contributed by atoms with E-state index < -0.39 is 0 Å². The normalized spacial score (nSPS) is 35.5. The molecule has 4 unspecified atom stereocenters. The quantitative estimate of drug-likeness (QED) is 0.849. The van der Waals surface area contributed by atoms with Crippen molar-refractivity contribution in [3.63, 3.8) is 0 Å². The minimum Gasteiger partial charge on any atom is -0.378 e. The minimum absolute atomic E-state index is 0.00178. The second-order valence-electron chi connectivity index (χ2n) is 8.17. The Kier molecular flexibility index (Phi) is 5.23. The standard InChI is InChI=1S/C18H34N2O2/c1-13(14-8-7-9-19-12-14)10-16(21)20(5)15-11-18(4,22-6)17(15,2)3/h13-15,19H,7-12H2,1-6H3. The van der Waals surface area contributed by atoms with Crippen LogP contribution in [0.15, 0.2) is 0 Å². The summed E-state index contributed by atoms with van der Waals surface area (Å²) in [7, 11) is 3.74. The van der Waals surface area contributed by atoms with Gasteiger partial charge in [0.05, 0.1) is 5.60 Å². The lowest BCUT2D eigenvalue weighted by Gasteiger charge is -2.61. The van der Waals surface area contributed by atoms with Crippen molar-refractivity contribution in [2.45, 2.75) is 65.0 Å². The van der Waals surface area contributed by atoms with Gasteiger partial charge in [-0.05, 0) is 51.1 Å². The fourth-order valence-corrected chi connectivity index (χ4v) is 4.20. The van der Waals surface area contributed by atoms with Gasteiger partial charge in [0.1, 0.15) is 0 Å². The molecule has 0 radical (unpaired) electrons. The van der Waals surface area contributed by atoms with Crippen LogP contribution >= 0.6 is 0 Å². The van der Waals surface area contributed by atoms with Gasteiger partial charge in [-0.25, -0.2) is 0 Å². The van der Waals surface area contributed by atoms with E-state index in [4.69, 9.17) is 4.74 Å². The van der Waals surface area contributed by atoms with Crippen molar-refractivity contribution < 1.29 is 9.53 Å². The first-order valence-corrected chi connectivity index (χ1v) is 8.74. The second-order valence-corrected chi connectivity index (χ2v) is 8.17. The average Bonchev–Trinajstić information content (AvgIpc) is 2.52. The number of amides is 1. The largest absolute Gasteiger partial charge is 0.378 e. The van der Waals surface area contributed by atoms with E-state index in [1.165, 1.54) is 12.8 Å². The summed E-state index contributed by atoms with van der Waals surface area (Å²) >= 11 is 0. The van der Waals surface area contributed by atoms with Gasteiger partial charge < -0.3 is 15.0 Å². The Labute approximate surface area is 136 Å². The molecule has 1 saturated heterocycles. The number of ether oxygens (including phenoxy) is 1. The van der Waals surface area contributed by atoms with Crippen molar-refractivity contribution in [1.82, 2.24) is 10.2 Å². The third-order valence-electron chi connectivity index (χ3n) is 6.73. The SMILES string of the molecule is COC1(C)CC(N(C)C(=O)CC(C)C2CCCNC2)C1(C)C. The molecule has 0 aromatic rings. The fraction of sp³-hybridized carbons (Fsp3) is 0.944. The highest BCUT2D eigenvalue weighted by atomic mass is 16.5. The summed E-state index contributed by atoms with van der Waals surface area (Å²) in [5, 5.41) is 3.45. The van der Waals surface area contributed by atoms with Crippen LogP contribution in [-0.2, 0) is 9.53 Å². The molecule has 2 fully saturated rings. The van der Waals surface area contributed by atoms with Crippen molar-refractivity contribution in [2.24, 2.45) is 17.3 Å². The molecule has 0 bridgehead atoms. The van der Waals surface area contributed by atoms with Gasteiger partial charge in [0.25, 0.3) is 0 Å². The number of nitrogens with zero attached hydrogens (tertiary/aromatic N) is 1. The molecule has 4 heteroatoms. The van der Waals surface area contributed by atoms with E-state index in [1.54, 1.807) is 7.11 Å². The summed E-state index contributed by atoms with van der Waals surface area (Å²) < 4.78 is 5.68. The van der Waals surface area contributed by atoms with Crippen LogP contribution in [0.2, 0.25) is 0 Å².